The average molecular weight is 352 g/mol. The van der Waals surface area contributed by atoms with Crippen LogP contribution in [-0.4, -0.2) is 24.6 Å². The van der Waals surface area contributed by atoms with E-state index in [4.69, 9.17) is 4.74 Å². The van der Waals surface area contributed by atoms with E-state index in [1.54, 1.807) is 0 Å². The maximum absolute atomic E-state index is 13.1. The molecule has 4 heteroatoms. The molecule has 0 radical (unpaired) electrons. The number of amides is 1. The second kappa shape index (κ2) is 7.92. The Kier molecular flexibility index (Phi) is 5.62. The molecule has 1 N–H and O–H groups in total. The van der Waals surface area contributed by atoms with Gasteiger partial charge >= 0.3 is 0 Å². The van der Waals surface area contributed by atoms with E-state index in [0.29, 0.717) is 6.61 Å². The Labute approximate surface area is 156 Å². The highest BCUT2D eigenvalue weighted by Gasteiger charge is 2.33. The molecular weight excluding hydrogens is 324 g/mol. The van der Waals surface area contributed by atoms with Crippen LogP contribution in [-0.2, 0) is 11.2 Å². The standard InChI is InChI=1S/C22H28N2O2/c1-5-26-20-11-8-10-18(14-20)16(3)23-17(4)22(25)24-15(2)13-19-9-6-7-12-21(19)24/h6-12,14-17,23H,5,13H2,1-4H3. The van der Waals surface area contributed by atoms with Crippen molar-refractivity contribution < 1.29 is 9.53 Å². The summed E-state index contributed by atoms with van der Waals surface area (Å²) >= 11 is 0. The molecule has 3 atom stereocenters. The Morgan fingerprint density at radius 2 is 2.00 bits per heavy atom. The molecule has 2 aromatic carbocycles. The van der Waals surface area contributed by atoms with E-state index < -0.39 is 0 Å². The molecule has 1 amide bonds. The maximum Gasteiger partial charge on any atom is 0.244 e. The third-order valence-electron chi connectivity index (χ3n) is 4.98. The molecule has 138 valence electrons. The van der Waals surface area contributed by atoms with Gasteiger partial charge in [-0.25, -0.2) is 0 Å². The molecule has 1 aliphatic heterocycles. The van der Waals surface area contributed by atoms with Crippen molar-refractivity contribution in [3.05, 3.63) is 59.7 Å². The van der Waals surface area contributed by atoms with Crippen molar-refractivity contribution in [2.75, 3.05) is 11.5 Å². The van der Waals surface area contributed by atoms with Crippen molar-refractivity contribution in [2.45, 2.75) is 52.2 Å². The number of ether oxygens (including phenoxy) is 1. The predicted molar refractivity (Wildman–Crippen MR) is 106 cm³/mol. The summed E-state index contributed by atoms with van der Waals surface area (Å²) in [5.41, 5.74) is 3.41. The Morgan fingerprint density at radius 3 is 2.77 bits per heavy atom. The second-order valence-corrected chi connectivity index (χ2v) is 7.01. The van der Waals surface area contributed by atoms with Crippen molar-refractivity contribution in [2.24, 2.45) is 0 Å². The van der Waals surface area contributed by atoms with Crippen molar-refractivity contribution in [3.63, 3.8) is 0 Å². The van der Waals surface area contributed by atoms with Crippen LogP contribution in [0.1, 0.15) is 44.9 Å². The third kappa shape index (κ3) is 3.75. The number of nitrogens with zero attached hydrogens (tertiary/aromatic N) is 1. The van der Waals surface area contributed by atoms with E-state index in [-0.39, 0.29) is 24.0 Å². The molecule has 0 aromatic heterocycles. The topological polar surface area (TPSA) is 41.6 Å². The van der Waals surface area contributed by atoms with E-state index in [1.165, 1.54) is 5.56 Å². The number of carbonyl (C=O) groups is 1. The van der Waals surface area contributed by atoms with E-state index in [1.807, 2.05) is 55.1 Å². The number of benzene rings is 2. The maximum atomic E-state index is 13.1. The molecule has 3 rings (SSSR count). The van der Waals surface area contributed by atoms with Crippen LogP contribution in [0.5, 0.6) is 5.75 Å². The van der Waals surface area contributed by atoms with Crippen molar-refractivity contribution in [3.8, 4) is 5.75 Å². The van der Waals surface area contributed by atoms with Gasteiger partial charge in [-0.3, -0.25) is 10.1 Å². The number of hydrogen-bond acceptors (Lipinski definition) is 3. The second-order valence-electron chi connectivity index (χ2n) is 7.01. The minimum Gasteiger partial charge on any atom is -0.494 e. The van der Waals surface area contributed by atoms with Crippen LogP contribution in [0, 0.1) is 0 Å². The largest absolute Gasteiger partial charge is 0.494 e. The van der Waals surface area contributed by atoms with Gasteiger partial charge in [-0.15, -0.1) is 0 Å². The first-order valence-electron chi connectivity index (χ1n) is 9.41. The molecule has 0 spiro atoms. The molecule has 0 aliphatic carbocycles. The summed E-state index contributed by atoms with van der Waals surface area (Å²) in [4.78, 5) is 15.0. The van der Waals surface area contributed by atoms with E-state index in [9.17, 15) is 4.79 Å². The van der Waals surface area contributed by atoms with E-state index in [2.05, 4.69) is 31.3 Å². The first kappa shape index (κ1) is 18.5. The molecule has 0 saturated heterocycles. The van der Waals surface area contributed by atoms with Gasteiger partial charge in [-0.1, -0.05) is 30.3 Å². The third-order valence-corrected chi connectivity index (χ3v) is 4.98. The quantitative estimate of drug-likeness (QED) is 0.851. The number of nitrogens with one attached hydrogen (secondary N) is 1. The summed E-state index contributed by atoms with van der Waals surface area (Å²) in [6.45, 7) is 8.76. The Morgan fingerprint density at radius 1 is 1.23 bits per heavy atom. The van der Waals surface area contributed by atoms with Gasteiger partial charge in [0.15, 0.2) is 0 Å². The van der Waals surface area contributed by atoms with E-state index in [0.717, 1.165) is 23.4 Å². The number of para-hydroxylation sites is 1. The Hall–Kier alpha value is -2.33. The number of hydrogen-bond donors (Lipinski definition) is 1. The summed E-state index contributed by atoms with van der Waals surface area (Å²) in [5.74, 6) is 0.981. The minimum absolute atomic E-state index is 0.0579. The summed E-state index contributed by atoms with van der Waals surface area (Å²) in [6.07, 6.45) is 0.917. The molecule has 3 unspecified atom stereocenters. The molecule has 26 heavy (non-hydrogen) atoms. The monoisotopic (exact) mass is 352 g/mol. The van der Waals surface area contributed by atoms with Gasteiger partial charge in [0.05, 0.1) is 12.6 Å². The molecule has 0 bridgehead atoms. The summed E-state index contributed by atoms with van der Waals surface area (Å²) in [5, 5.41) is 3.45. The molecule has 1 aliphatic rings. The minimum atomic E-state index is -0.269. The van der Waals surface area contributed by atoms with Crippen LogP contribution in [0.2, 0.25) is 0 Å². The predicted octanol–water partition coefficient (Wildman–Crippen LogP) is 4.10. The highest BCUT2D eigenvalue weighted by Crippen LogP contribution is 2.32. The SMILES string of the molecule is CCOc1cccc(C(C)NC(C)C(=O)N2c3ccccc3CC2C)c1. The van der Waals surface area contributed by atoms with Gasteiger partial charge in [0.2, 0.25) is 5.91 Å². The lowest BCUT2D eigenvalue weighted by atomic mass is 10.1. The van der Waals surface area contributed by atoms with Crippen LogP contribution >= 0.6 is 0 Å². The van der Waals surface area contributed by atoms with Crippen molar-refractivity contribution in [1.29, 1.82) is 0 Å². The lowest BCUT2D eigenvalue weighted by molar-refractivity contribution is -0.120. The van der Waals surface area contributed by atoms with Crippen LogP contribution in [0.25, 0.3) is 0 Å². The molecule has 4 nitrogen and oxygen atoms in total. The van der Waals surface area contributed by atoms with Crippen LogP contribution in [0.15, 0.2) is 48.5 Å². The fourth-order valence-corrected chi connectivity index (χ4v) is 3.69. The number of rotatable bonds is 6. The molecular formula is C22H28N2O2. The van der Waals surface area contributed by atoms with Gasteiger partial charge in [0, 0.05) is 17.8 Å². The fourth-order valence-electron chi connectivity index (χ4n) is 3.69. The fraction of sp³-hybridized carbons (Fsp3) is 0.409. The Bertz CT molecular complexity index is 774. The summed E-state index contributed by atoms with van der Waals surface area (Å²) in [6, 6.07) is 16.2. The van der Waals surface area contributed by atoms with Crippen molar-refractivity contribution in [1.82, 2.24) is 5.32 Å². The smallest absolute Gasteiger partial charge is 0.244 e. The zero-order valence-electron chi connectivity index (χ0n) is 16.0. The van der Waals surface area contributed by atoms with Gasteiger partial charge in [0.1, 0.15) is 5.75 Å². The summed E-state index contributed by atoms with van der Waals surface area (Å²) in [7, 11) is 0. The number of carbonyl (C=O) groups excluding carboxylic acids is 1. The molecule has 2 aromatic rings. The Balaban J connectivity index is 1.70. The number of fused-ring (bicyclic) bond motifs is 1. The van der Waals surface area contributed by atoms with Crippen LogP contribution in [0.4, 0.5) is 5.69 Å². The lowest BCUT2D eigenvalue weighted by Gasteiger charge is -2.28. The van der Waals surface area contributed by atoms with Gasteiger partial charge in [-0.2, -0.15) is 0 Å². The van der Waals surface area contributed by atoms with Crippen LogP contribution in [0.3, 0.4) is 0 Å². The lowest BCUT2D eigenvalue weighted by Crippen LogP contribution is -2.47. The highest BCUT2D eigenvalue weighted by molar-refractivity contribution is 5.99. The van der Waals surface area contributed by atoms with Gasteiger partial charge in [-0.05, 0) is 63.4 Å². The van der Waals surface area contributed by atoms with Crippen LogP contribution < -0.4 is 15.0 Å². The first-order chi connectivity index (χ1) is 12.5. The molecule has 0 saturated carbocycles. The molecule has 1 heterocycles. The normalized spacial score (nSPS) is 18.3. The van der Waals surface area contributed by atoms with Crippen molar-refractivity contribution >= 4 is 11.6 Å². The average Bonchev–Trinajstić information content (AvgIpc) is 2.97. The van der Waals surface area contributed by atoms with Gasteiger partial charge < -0.3 is 9.64 Å². The van der Waals surface area contributed by atoms with E-state index >= 15 is 0 Å². The zero-order valence-corrected chi connectivity index (χ0v) is 16.0. The summed E-state index contributed by atoms with van der Waals surface area (Å²) < 4.78 is 5.58. The highest BCUT2D eigenvalue weighted by atomic mass is 16.5. The first-order valence-corrected chi connectivity index (χ1v) is 9.41. The number of anilines is 1. The zero-order chi connectivity index (χ0) is 18.7. The molecule has 0 fully saturated rings. The van der Waals surface area contributed by atoms with Gasteiger partial charge in [0.25, 0.3) is 0 Å².